The van der Waals surface area contributed by atoms with Crippen molar-refractivity contribution in [3.8, 4) is 23.0 Å². The molecule has 0 spiro atoms. The van der Waals surface area contributed by atoms with Gasteiger partial charge in [0.15, 0.2) is 11.5 Å². The molecule has 9 heteroatoms. The Labute approximate surface area is 241 Å². The molecule has 1 amide bonds. The Morgan fingerprint density at radius 1 is 1.02 bits per heavy atom. The van der Waals surface area contributed by atoms with Crippen LogP contribution in [0.15, 0.2) is 59.8 Å². The van der Waals surface area contributed by atoms with Gasteiger partial charge in [-0.1, -0.05) is 31.5 Å². The number of methoxy groups -OCH3 is 4. The number of hydrogen-bond acceptors (Lipinski definition) is 7. The van der Waals surface area contributed by atoms with Gasteiger partial charge >= 0.3 is 0 Å². The Kier molecular flexibility index (Phi) is 9.63. The topological polar surface area (TPSA) is 72.8 Å². The van der Waals surface area contributed by atoms with Crippen molar-refractivity contribution in [2.24, 2.45) is 10.9 Å². The number of hydrogen-bond donors (Lipinski definition) is 0. The molecule has 214 valence electrons. The molecule has 40 heavy (non-hydrogen) atoms. The number of amidine groups is 1. The van der Waals surface area contributed by atoms with Crippen LogP contribution in [0.5, 0.6) is 23.0 Å². The molecule has 0 radical (unpaired) electrons. The minimum Gasteiger partial charge on any atom is -0.497 e. The van der Waals surface area contributed by atoms with Crippen molar-refractivity contribution in [3.05, 3.63) is 70.9 Å². The second-order valence-corrected chi connectivity index (χ2v) is 10.6. The van der Waals surface area contributed by atoms with Crippen LogP contribution in [-0.2, 0) is 6.42 Å². The van der Waals surface area contributed by atoms with Crippen LogP contribution in [-0.4, -0.2) is 75.2 Å². The van der Waals surface area contributed by atoms with E-state index >= 15 is 0 Å². The molecule has 2 aromatic carbocycles. The number of fused-ring (bicyclic) bond motifs is 1. The molecule has 0 aliphatic carbocycles. The first-order valence-electron chi connectivity index (χ1n) is 13.4. The van der Waals surface area contributed by atoms with Crippen molar-refractivity contribution >= 4 is 23.3 Å². The van der Waals surface area contributed by atoms with E-state index in [1.165, 1.54) is 7.11 Å². The molecule has 0 aromatic heterocycles. The molecule has 0 saturated heterocycles. The van der Waals surface area contributed by atoms with E-state index in [-0.39, 0.29) is 23.0 Å². The number of carbonyl (C=O) groups is 1. The summed E-state index contributed by atoms with van der Waals surface area (Å²) in [5.41, 5.74) is 1.39. The highest BCUT2D eigenvalue weighted by molar-refractivity contribution is 6.35. The van der Waals surface area contributed by atoms with Crippen molar-refractivity contribution in [2.75, 3.05) is 41.5 Å². The van der Waals surface area contributed by atoms with Crippen LogP contribution in [0.4, 0.5) is 0 Å². The summed E-state index contributed by atoms with van der Waals surface area (Å²) in [6, 6.07) is 9.00. The fourth-order valence-corrected chi connectivity index (χ4v) is 5.40. The first kappa shape index (κ1) is 29.3. The minimum absolute atomic E-state index is 0.0348. The third-order valence-corrected chi connectivity index (χ3v) is 7.65. The third kappa shape index (κ3) is 6.22. The summed E-state index contributed by atoms with van der Waals surface area (Å²) in [4.78, 5) is 23.1. The lowest BCUT2D eigenvalue weighted by Gasteiger charge is -2.32. The molecule has 0 bridgehead atoms. The molecule has 2 atom stereocenters. The van der Waals surface area contributed by atoms with Gasteiger partial charge in [-0.05, 0) is 66.8 Å². The maximum absolute atomic E-state index is 14.0. The maximum Gasteiger partial charge on any atom is 0.255 e. The van der Waals surface area contributed by atoms with Gasteiger partial charge in [0.2, 0.25) is 0 Å². The highest BCUT2D eigenvalue weighted by Crippen LogP contribution is 2.38. The molecule has 0 N–H and O–H groups in total. The number of halogens is 1. The first-order valence-corrected chi connectivity index (χ1v) is 13.8. The fourth-order valence-electron chi connectivity index (χ4n) is 5.08. The number of amides is 1. The average Bonchev–Trinajstić information content (AvgIpc) is 3.30. The number of aliphatic imine (C=N–C) groups is 1. The van der Waals surface area contributed by atoms with Crippen LogP contribution < -0.4 is 18.9 Å². The summed E-state index contributed by atoms with van der Waals surface area (Å²) in [5, 5.41) is 0.236. The van der Waals surface area contributed by atoms with Crippen LogP contribution in [0, 0.1) is 5.92 Å². The van der Waals surface area contributed by atoms with Crippen molar-refractivity contribution in [1.29, 1.82) is 0 Å². The van der Waals surface area contributed by atoms with Crippen LogP contribution in [0.25, 0.3) is 0 Å². The van der Waals surface area contributed by atoms with Crippen LogP contribution >= 0.6 is 11.6 Å². The van der Waals surface area contributed by atoms with E-state index in [0.717, 1.165) is 29.3 Å². The smallest absolute Gasteiger partial charge is 0.255 e. The van der Waals surface area contributed by atoms with Crippen molar-refractivity contribution < 1.29 is 23.7 Å². The molecule has 2 aromatic rings. The summed E-state index contributed by atoms with van der Waals surface area (Å²) in [5.74, 6) is 3.49. The standard InChI is InChI=1S/C31H38ClN3O5/c1-20(2)14-16-34(31(36)23-11-13-27(39-5)30(40-6)29(23)32)19-24-25(35-15-8-7-9-28(35)33-24)18-21-17-22(37-3)10-12-26(21)38-4/h7-13,15,17,20,24-25H,14,16,18-19H2,1-6H3. The fraction of sp³-hybridized carbons (Fsp3) is 0.419. The van der Waals surface area contributed by atoms with Gasteiger partial charge in [-0.25, -0.2) is 0 Å². The quantitative estimate of drug-likeness (QED) is 0.330. The molecule has 0 saturated carbocycles. The summed E-state index contributed by atoms with van der Waals surface area (Å²) in [6.45, 7) is 5.30. The van der Waals surface area contributed by atoms with E-state index in [1.54, 1.807) is 33.5 Å². The highest BCUT2D eigenvalue weighted by atomic mass is 35.5. The summed E-state index contributed by atoms with van der Waals surface area (Å²) >= 11 is 6.68. The maximum atomic E-state index is 14.0. The van der Waals surface area contributed by atoms with Gasteiger partial charge < -0.3 is 28.7 Å². The lowest BCUT2D eigenvalue weighted by molar-refractivity contribution is 0.0729. The lowest BCUT2D eigenvalue weighted by atomic mass is 9.97. The zero-order valence-corrected chi connectivity index (χ0v) is 24.8. The van der Waals surface area contributed by atoms with E-state index in [2.05, 4.69) is 18.7 Å². The molecule has 8 nitrogen and oxygen atoms in total. The number of ether oxygens (including phenoxy) is 4. The van der Waals surface area contributed by atoms with Crippen LogP contribution in [0.1, 0.15) is 36.2 Å². The Morgan fingerprint density at radius 3 is 2.45 bits per heavy atom. The number of nitrogens with zero attached hydrogens (tertiary/aromatic N) is 3. The summed E-state index contributed by atoms with van der Waals surface area (Å²) in [7, 11) is 6.37. The van der Waals surface area contributed by atoms with Crippen LogP contribution in [0.3, 0.4) is 0 Å². The zero-order valence-electron chi connectivity index (χ0n) is 24.0. The molecular formula is C31H38ClN3O5. The van der Waals surface area contributed by atoms with Gasteiger partial charge in [0.25, 0.3) is 5.91 Å². The number of carbonyl (C=O) groups excluding carboxylic acids is 1. The van der Waals surface area contributed by atoms with Crippen molar-refractivity contribution in [1.82, 2.24) is 9.80 Å². The molecule has 2 heterocycles. The second-order valence-electron chi connectivity index (χ2n) is 10.2. The van der Waals surface area contributed by atoms with Crippen LogP contribution in [0.2, 0.25) is 5.02 Å². The number of rotatable bonds is 12. The highest BCUT2D eigenvalue weighted by Gasteiger charge is 2.37. The molecular weight excluding hydrogens is 530 g/mol. The van der Waals surface area contributed by atoms with Gasteiger partial charge in [0.05, 0.1) is 51.1 Å². The Bertz CT molecular complexity index is 1310. The molecule has 4 rings (SSSR count). The van der Waals surface area contributed by atoms with Gasteiger partial charge in [0, 0.05) is 19.3 Å². The minimum atomic E-state index is -0.187. The van der Waals surface area contributed by atoms with Gasteiger partial charge in [-0.3, -0.25) is 9.79 Å². The molecule has 0 fully saturated rings. The Hall–Kier alpha value is -3.65. The monoisotopic (exact) mass is 567 g/mol. The van der Waals surface area contributed by atoms with E-state index in [9.17, 15) is 4.79 Å². The number of benzene rings is 2. The predicted molar refractivity (Wildman–Crippen MR) is 158 cm³/mol. The SMILES string of the molecule is COc1ccc(OC)c(CC2C(CN(CCC(C)C)C(=O)c3ccc(OC)c(OC)c3Cl)N=C3C=CC=CN32)c1. The Morgan fingerprint density at radius 2 is 1.77 bits per heavy atom. The summed E-state index contributed by atoms with van der Waals surface area (Å²) in [6.07, 6.45) is 9.52. The third-order valence-electron chi connectivity index (χ3n) is 7.27. The predicted octanol–water partition coefficient (Wildman–Crippen LogP) is 5.64. The average molecular weight is 568 g/mol. The second kappa shape index (κ2) is 13.1. The zero-order chi connectivity index (χ0) is 28.8. The van der Waals surface area contributed by atoms with E-state index in [1.807, 2.05) is 47.5 Å². The Balaban J connectivity index is 1.68. The molecule has 2 aliphatic rings. The molecule has 2 unspecified atom stereocenters. The first-order chi connectivity index (χ1) is 19.3. The van der Waals surface area contributed by atoms with Crippen molar-refractivity contribution in [2.45, 2.75) is 38.8 Å². The van der Waals surface area contributed by atoms with Gasteiger partial charge in [0.1, 0.15) is 17.3 Å². The van der Waals surface area contributed by atoms with Crippen molar-refractivity contribution in [3.63, 3.8) is 0 Å². The largest absolute Gasteiger partial charge is 0.497 e. The lowest BCUT2D eigenvalue weighted by Crippen LogP contribution is -2.45. The van der Waals surface area contributed by atoms with E-state index < -0.39 is 0 Å². The summed E-state index contributed by atoms with van der Waals surface area (Å²) < 4.78 is 22.0. The van der Waals surface area contributed by atoms with Gasteiger partial charge in [-0.2, -0.15) is 0 Å². The molecule has 2 aliphatic heterocycles. The van der Waals surface area contributed by atoms with E-state index in [0.29, 0.717) is 42.5 Å². The van der Waals surface area contributed by atoms with E-state index in [4.69, 9.17) is 35.5 Å². The normalized spacial score (nSPS) is 17.5. The van der Waals surface area contributed by atoms with Gasteiger partial charge in [-0.15, -0.1) is 0 Å². The number of allylic oxidation sites excluding steroid dienone is 2.